The zero-order chi connectivity index (χ0) is 27.4. The summed E-state index contributed by atoms with van der Waals surface area (Å²) in [6.45, 7) is 7.73. The monoisotopic (exact) mass is 592 g/mol. The summed E-state index contributed by atoms with van der Waals surface area (Å²) in [7, 11) is -3.98. The largest absolute Gasteiger partial charge is 0.318 e. The van der Waals surface area contributed by atoms with Gasteiger partial charge in [0, 0.05) is 27.1 Å². The third-order valence-corrected chi connectivity index (χ3v) is 8.51. The highest BCUT2D eigenvalue weighted by atomic mass is 79.9. The normalized spacial score (nSPS) is 11.6. The van der Waals surface area contributed by atoms with E-state index in [9.17, 15) is 13.2 Å². The first-order chi connectivity index (χ1) is 18.1. The molecule has 1 N–H and O–H groups in total. The zero-order valence-corrected chi connectivity index (χ0v) is 24.0. The van der Waals surface area contributed by atoms with Crippen molar-refractivity contribution in [3.05, 3.63) is 111 Å². The first-order valence-corrected chi connectivity index (χ1v) is 14.2. The molecule has 0 aliphatic heterocycles. The minimum Gasteiger partial charge on any atom is -0.318 e. The van der Waals surface area contributed by atoms with Crippen molar-refractivity contribution in [2.75, 3.05) is 10.8 Å². The molecular weight excluding hydrogens is 564 g/mol. The van der Waals surface area contributed by atoms with E-state index < -0.39 is 22.5 Å². The lowest BCUT2D eigenvalue weighted by Crippen LogP contribution is -2.39. The van der Waals surface area contributed by atoms with Gasteiger partial charge in [-0.2, -0.15) is 5.10 Å². The Balaban J connectivity index is 1.55. The maximum atomic E-state index is 13.4. The quantitative estimate of drug-likeness (QED) is 0.207. The van der Waals surface area contributed by atoms with Crippen LogP contribution in [0.1, 0.15) is 28.1 Å². The van der Waals surface area contributed by atoms with E-state index in [2.05, 4.69) is 63.1 Å². The van der Waals surface area contributed by atoms with Gasteiger partial charge in [-0.1, -0.05) is 51.8 Å². The number of anilines is 1. The molecule has 0 radical (unpaired) electrons. The van der Waals surface area contributed by atoms with Gasteiger partial charge in [0.25, 0.3) is 15.9 Å². The van der Waals surface area contributed by atoms with E-state index in [1.807, 2.05) is 19.9 Å². The van der Waals surface area contributed by atoms with Crippen molar-refractivity contribution in [3.8, 4) is 5.69 Å². The lowest BCUT2D eigenvalue weighted by Gasteiger charge is -2.23. The number of carbonyl (C=O) groups is 1. The van der Waals surface area contributed by atoms with Gasteiger partial charge < -0.3 is 4.57 Å². The minimum atomic E-state index is -3.98. The summed E-state index contributed by atoms with van der Waals surface area (Å²) in [6.07, 6.45) is 1.58. The Morgan fingerprint density at radius 2 is 1.66 bits per heavy atom. The molecule has 4 aromatic rings. The number of halogens is 1. The number of amides is 1. The molecule has 0 unspecified atom stereocenters. The van der Waals surface area contributed by atoms with Gasteiger partial charge in [-0.3, -0.25) is 9.10 Å². The molecule has 4 rings (SSSR count). The van der Waals surface area contributed by atoms with Crippen LogP contribution < -0.4 is 9.73 Å². The first kappa shape index (κ1) is 27.3. The van der Waals surface area contributed by atoms with Gasteiger partial charge in [0.15, 0.2) is 0 Å². The van der Waals surface area contributed by atoms with E-state index >= 15 is 0 Å². The maximum absolute atomic E-state index is 13.4. The summed E-state index contributed by atoms with van der Waals surface area (Å²) in [5, 5.41) is 4.14. The third-order valence-electron chi connectivity index (χ3n) is 6.19. The van der Waals surface area contributed by atoms with E-state index in [1.54, 1.807) is 48.7 Å². The van der Waals surface area contributed by atoms with Crippen LogP contribution in [0.4, 0.5) is 5.69 Å². The highest BCUT2D eigenvalue weighted by Crippen LogP contribution is 2.26. The highest BCUT2D eigenvalue weighted by molar-refractivity contribution is 9.10. The number of aryl methyl sites for hydroxylation is 3. The molecule has 1 amide bonds. The molecule has 0 saturated carbocycles. The Morgan fingerprint density at radius 3 is 2.32 bits per heavy atom. The smallest absolute Gasteiger partial charge is 0.264 e. The molecule has 1 aromatic heterocycles. The maximum Gasteiger partial charge on any atom is 0.264 e. The number of rotatable bonds is 8. The number of carbonyl (C=O) groups excluding carboxylic acids is 1. The molecular formula is C29H29BrN4O3S. The standard InChI is InChI=1S/C29H29BrN4O3S/c1-20-10-15-28(21(2)16-20)34-22(3)17-24(23(34)4)18-31-32-29(35)19-33(26-13-11-25(30)12-14-26)38(36,37)27-8-6-5-7-9-27/h5-18H,19H2,1-4H3,(H,32,35)/b31-18-. The first-order valence-electron chi connectivity index (χ1n) is 12.0. The van der Waals surface area contributed by atoms with Gasteiger partial charge in [-0.15, -0.1) is 0 Å². The number of aromatic nitrogens is 1. The summed E-state index contributed by atoms with van der Waals surface area (Å²) in [6, 6.07) is 23.1. The molecule has 7 nitrogen and oxygen atoms in total. The molecule has 0 atom stereocenters. The van der Waals surface area contributed by atoms with E-state index in [0.717, 1.165) is 37.0 Å². The lowest BCUT2D eigenvalue weighted by atomic mass is 10.1. The van der Waals surface area contributed by atoms with Gasteiger partial charge in [0.05, 0.1) is 16.8 Å². The average Bonchev–Trinajstić information content (AvgIpc) is 3.16. The summed E-state index contributed by atoms with van der Waals surface area (Å²) in [4.78, 5) is 13.0. The van der Waals surface area contributed by atoms with Gasteiger partial charge in [-0.25, -0.2) is 13.8 Å². The summed E-state index contributed by atoms with van der Waals surface area (Å²) < 4.78 is 30.8. The topological polar surface area (TPSA) is 83.8 Å². The second kappa shape index (κ2) is 11.4. The van der Waals surface area contributed by atoms with E-state index in [0.29, 0.717) is 5.69 Å². The predicted octanol–water partition coefficient (Wildman–Crippen LogP) is 5.82. The molecule has 3 aromatic carbocycles. The zero-order valence-electron chi connectivity index (χ0n) is 21.6. The van der Waals surface area contributed by atoms with Gasteiger partial charge >= 0.3 is 0 Å². The fourth-order valence-corrected chi connectivity index (χ4v) is 6.03. The van der Waals surface area contributed by atoms with Crippen molar-refractivity contribution in [1.29, 1.82) is 0 Å². The van der Waals surface area contributed by atoms with Crippen LogP contribution in [0.5, 0.6) is 0 Å². The Morgan fingerprint density at radius 1 is 0.974 bits per heavy atom. The van der Waals surface area contributed by atoms with Gasteiger partial charge in [-0.05, 0) is 81.8 Å². The second-order valence-corrected chi connectivity index (χ2v) is 11.8. The molecule has 0 bridgehead atoms. The highest BCUT2D eigenvalue weighted by Gasteiger charge is 2.27. The van der Waals surface area contributed by atoms with E-state index in [1.165, 1.54) is 17.7 Å². The van der Waals surface area contributed by atoms with Crippen LogP contribution in [0.25, 0.3) is 5.69 Å². The number of hydrazone groups is 1. The Labute approximate surface area is 232 Å². The van der Waals surface area contributed by atoms with Crippen molar-refractivity contribution < 1.29 is 13.2 Å². The second-order valence-electron chi connectivity index (χ2n) is 9.05. The fraction of sp³-hybridized carbons (Fsp3) is 0.172. The van der Waals surface area contributed by atoms with Crippen molar-refractivity contribution in [3.63, 3.8) is 0 Å². The van der Waals surface area contributed by atoms with Crippen LogP contribution in [-0.4, -0.2) is 31.7 Å². The number of hydrogen-bond acceptors (Lipinski definition) is 4. The van der Waals surface area contributed by atoms with Crippen molar-refractivity contribution in [2.24, 2.45) is 5.10 Å². The summed E-state index contributed by atoms with van der Waals surface area (Å²) in [5.74, 6) is -0.563. The lowest BCUT2D eigenvalue weighted by molar-refractivity contribution is -0.119. The van der Waals surface area contributed by atoms with Crippen LogP contribution in [0.3, 0.4) is 0 Å². The van der Waals surface area contributed by atoms with Crippen LogP contribution in [-0.2, 0) is 14.8 Å². The number of sulfonamides is 1. The van der Waals surface area contributed by atoms with Crippen molar-refractivity contribution in [2.45, 2.75) is 32.6 Å². The minimum absolute atomic E-state index is 0.0954. The molecule has 0 aliphatic rings. The Kier molecular flexibility index (Phi) is 8.18. The SMILES string of the molecule is Cc1ccc(-n2c(C)cc(/C=N\NC(=O)CN(c3ccc(Br)cc3)S(=O)(=O)c3ccccc3)c2C)c(C)c1. The summed E-state index contributed by atoms with van der Waals surface area (Å²) in [5.41, 5.74) is 9.18. The molecule has 1 heterocycles. The Hall–Kier alpha value is -3.69. The molecule has 38 heavy (non-hydrogen) atoms. The number of benzene rings is 3. The van der Waals surface area contributed by atoms with Crippen LogP contribution in [0.15, 0.2) is 93.3 Å². The van der Waals surface area contributed by atoms with E-state index in [-0.39, 0.29) is 4.90 Å². The van der Waals surface area contributed by atoms with Crippen molar-refractivity contribution in [1.82, 2.24) is 9.99 Å². The molecule has 0 saturated heterocycles. The molecule has 0 fully saturated rings. The molecule has 196 valence electrons. The molecule has 9 heteroatoms. The Bertz CT molecular complexity index is 1600. The fourth-order valence-electron chi connectivity index (χ4n) is 4.33. The third kappa shape index (κ3) is 5.89. The summed E-state index contributed by atoms with van der Waals surface area (Å²) >= 11 is 3.36. The van der Waals surface area contributed by atoms with Crippen LogP contribution >= 0.6 is 15.9 Å². The molecule has 0 aliphatic carbocycles. The average molecular weight is 594 g/mol. The van der Waals surface area contributed by atoms with Gasteiger partial charge in [0.2, 0.25) is 0 Å². The molecule has 0 spiro atoms. The van der Waals surface area contributed by atoms with E-state index in [4.69, 9.17) is 0 Å². The van der Waals surface area contributed by atoms with Crippen LogP contribution in [0.2, 0.25) is 0 Å². The number of nitrogens with one attached hydrogen (secondary N) is 1. The van der Waals surface area contributed by atoms with Gasteiger partial charge in [0.1, 0.15) is 6.54 Å². The number of hydrogen-bond donors (Lipinski definition) is 1. The van der Waals surface area contributed by atoms with Crippen molar-refractivity contribution >= 4 is 43.8 Å². The number of nitrogens with zero attached hydrogens (tertiary/aromatic N) is 3. The predicted molar refractivity (Wildman–Crippen MR) is 156 cm³/mol. The van der Waals surface area contributed by atoms with Crippen LogP contribution in [0, 0.1) is 27.7 Å².